The summed E-state index contributed by atoms with van der Waals surface area (Å²) in [6.45, 7) is 4.07. The Labute approximate surface area is 96.1 Å². The number of halogens is 1. The molecule has 0 aliphatic rings. The van der Waals surface area contributed by atoms with Crippen LogP contribution in [0, 0.1) is 0 Å². The Morgan fingerprint density at radius 2 is 2.07 bits per heavy atom. The van der Waals surface area contributed by atoms with Gasteiger partial charge in [0.1, 0.15) is 0 Å². The summed E-state index contributed by atoms with van der Waals surface area (Å²) >= 11 is 5.23. The van der Waals surface area contributed by atoms with Gasteiger partial charge in [-0.25, -0.2) is 0 Å². The third kappa shape index (κ3) is 1.72. The summed E-state index contributed by atoms with van der Waals surface area (Å²) in [5.41, 5.74) is 7.07. The summed E-state index contributed by atoms with van der Waals surface area (Å²) in [7, 11) is 0. The molecule has 0 aliphatic carbocycles. The van der Waals surface area contributed by atoms with Crippen LogP contribution < -0.4 is 5.73 Å². The third-order valence-electron chi connectivity index (χ3n) is 2.23. The molecule has 0 unspecified atom stereocenters. The lowest BCUT2D eigenvalue weighted by Crippen LogP contribution is -2.28. The highest BCUT2D eigenvalue weighted by Crippen LogP contribution is 2.33. The lowest BCUT2D eigenvalue weighted by atomic mass is 9.95. The molecule has 1 nitrogen and oxygen atoms in total. The molecular weight excluding hydrogens is 258 g/mol. The summed E-state index contributed by atoms with van der Waals surface area (Å²) in [6, 6.07) is 6.32. The Bertz CT molecular complexity index is 468. The minimum Gasteiger partial charge on any atom is -0.322 e. The van der Waals surface area contributed by atoms with E-state index in [1.165, 1.54) is 15.6 Å². The van der Waals surface area contributed by atoms with Crippen LogP contribution in [0.15, 0.2) is 28.1 Å². The highest BCUT2D eigenvalue weighted by molar-refractivity contribution is 9.10. The molecule has 74 valence electrons. The molecule has 0 atom stereocenters. The Hall–Kier alpha value is -0.380. The SMILES string of the molecule is CC(C)(N)c1csc2ccc(Br)cc12. The maximum Gasteiger partial charge on any atom is 0.0366 e. The van der Waals surface area contributed by atoms with Gasteiger partial charge in [0.25, 0.3) is 0 Å². The van der Waals surface area contributed by atoms with Crippen molar-refractivity contribution in [1.29, 1.82) is 0 Å². The van der Waals surface area contributed by atoms with Crippen molar-refractivity contribution in [3.05, 3.63) is 33.6 Å². The number of rotatable bonds is 1. The minimum atomic E-state index is -0.265. The van der Waals surface area contributed by atoms with E-state index in [1.54, 1.807) is 11.3 Å². The fourth-order valence-corrected chi connectivity index (χ4v) is 2.98. The molecule has 2 aromatic rings. The first kappa shape index (κ1) is 10.1. The lowest BCUT2D eigenvalue weighted by Gasteiger charge is -2.17. The van der Waals surface area contributed by atoms with E-state index in [4.69, 9.17) is 5.73 Å². The molecule has 1 aromatic carbocycles. The van der Waals surface area contributed by atoms with Crippen LogP contribution in [0.1, 0.15) is 19.4 Å². The highest BCUT2D eigenvalue weighted by atomic mass is 79.9. The Balaban J connectivity index is 2.73. The Morgan fingerprint density at radius 1 is 1.36 bits per heavy atom. The van der Waals surface area contributed by atoms with Gasteiger partial charge in [-0.3, -0.25) is 0 Å². The fourth-order valence-electron chi connectivity index (χ4n) is 1.50. The maximum atomic E-state index is 6.11. The van der Waals surface area contributed by atoms with Gasteiger partial charge in [-0.2, -0.15) is 0 Å². The number of fused-ring (bicyclic) bond motifs is 1. The molecule has 2 N–H and O–H groups in total. The van der Waals surface area contributed by atoms with Crippen molar-refractivity contribution in [2.45, 2.75) is 19.4 Å². The normalized spacial score (nSPS) is 12.3. The van der Waals surface area contributed by atoms with E-state index in [2.05, 4.69) is 39.5 Å². The second kappa shape index (κ2) is 3.33. The van der Waals surface area contributed by atoms with E-state index < -0.39 is 0 Å². The van der Waals surface area contributed by atoms with E-state index >= 15 is 0 Å². The van der Waals surface area contributed by atoms with Gasteiger partial charge < -0.3 is 5.73 Å². The summed E-state index contributed by atoms with van der Waals surface area (Å²) in [6.07, 6.45) is 0. The quantitative estimate of drug-likeness (QED) is 0.836. The van der Waals surface area contributed by atoms with Crippen LogP contribution in [0.2, 0.25) is 0 Å². The van der Waals surface area contributed by atoms with E-state index in [9.17, 15) is 0 Å². The molecule has 0 fully saturated rings. The molecule has 0 radical (unpaired) electrons. The van der Waals surface area contributed by atoms with E-state index in [1.807, 2.05) is 13.8 Å². The summed E-state index contributed by atoms with van der Waals surface area (Å²) in [5.74, 6) is 0. The van der Waals surface area contributed by atoms with Crippen LogP contribution in [0.5, 0.6) is 0 Å². The molecule has 0 spiro atoms. The first-order valence-electron chi connectivity index (χ1n) is 4.44. The van der Waals surface area contributed by atoms with Crippen LogP contribution >= 0.6 is 27.3 Å². The molecule has 14 heavy (non-hydrogen) atoms. The van der Waals surface area contributed by atoms with E-state index in [0.29, 0.717) is 0 Å². The van der Waals surface area contributed by atoms with Crippen molar-refractivity contribution < 1.29 is 0 Å². The van der Waals surface area contributed by atoms with Crippen molar-refractivity contribution in [3.63, 3.8) is 0 Å². The van der Waals surface area contributed by atoms with Gasteiger partial charge in [0, 0.05) is 14.7 Å². The standard InChI is InChI=1S/C11H12BrNS/c1-11(2,13)9-6-14-10-4-3-7(12)5-8(9)10/h3-6H,13H2,1-2H3. The topological polar surface area (TPSA) is 26.0 Å². The zero-order valence-corrected chi connectivity index (χ0v) is 10.6. The Kier molecular flexibility index (Phi) is 2.41. The molecule has 2 rings (SSSR count). The van der Waals surface area contributed by atoms with Gasteiger partial charge >= 0.3 is 0 Å². The number of hydrogen-bond acceptors (Lipinski definition) is 2. The molecule has 0 aliphatic heterocycles. The number of hydrogen-bond donors (Lipinski definition) is 1. The van der Waals surface area contributed by atoms with Crippen molar-refractivity contribution in [1.82, 2.24) is 0 Å². The number of nitrogens with two attached hydrogens (primary N) is 1. The third-order valence-corrected chi connectivity index (χ3v) is 3.69. The maximum absolute atomic E-state index is 6.11. The molecule has 3 heteroatoms. The highest BCUT2D eigenvalue weighted by Gasteiger charge is 2.18. The first-order chi connectivity index (χ1) is 6.48. The van der Waals surface area contributed by atoms with Gasteiger partial charge in [-0.05, 0) is 48.4 Å². The number of thiophene rings is 1. The van der Waals surface area contributed by atoms with Crippen molar-refractivity contribution in [3.8, 4) is 0 Å². The Morgan fingerprint density at radius 3 is 2.71 bits per heavy atom. The predicted octanol–water partition coefficient (Wildman–Crippen LogP) is 3.86. The van der Waals surface area contributed by atoms with Gasteiger partial charge in [-0.15, -0.1) is 11.3 Å². The van der Waals surface area contributed by atoms with Crippen LogP contribution in [0.4, 0.5) is 0 Å². The fraction of sp³-hybridized carbons (Fsp3) is 0.273. The largest absolute Gasteiger partial charge is 0.322 e. The van der Waals surface area contributed by atoms with Gasteiger partial charge in [0.05, 0.1) is 0 Å². The molecule has 0 saturated heterocycles. The second-order valence-electron chi connectivity index (χ2n) is 4.01. The predicted molar refractivity (Wildman–Crippen MR) is 66.7 cm³/mol. The van der Waals surface area contributed by atoms with Crippen LogP contribution in [0.3, 0.4) is 0 Å². The van der Waals surface area contributed by atoms with Crippen molar-refractivity contribution in [2.75, 3.05) is 0 Å². The zero-order chi connectivity index (χ0) is 10.3. The molecule has 1 heterocycles. The smallest absolute Gasteiger partial charge is 0.0366 e. The van der Waals surface area contributed by atoms with Gasteiger partial charge in [-0.1, -0.05) is 15.9 Å². The summed E-state index contributed by atoms with van der Waals surface area (Å²) in [4.78, 5) is 0. The second-order valence-corrected chi connectivity index (χ2v) is 5.84. The molecule has 1 aromatic heterocycles. The molecule has 0 bridgehead atoms. The molecule has 0 saturated carbocycles. The molecular formula is C11H12BrNS. The first-order valence-corrected chi connectivity index (χ1v) is 6.12. The lowest BCUT2D eigenvalue weighted by molar-refractivity contribution is 0.561. The van der Waals surface area contributed by atoms with Crippen LogP contribution in [0.25, 0.3) is 10.1 Å². The average Bonchev–Trinajstić information content (AvgIpc) is 2.45. The van der Waals surface area contributed by atoms with Crippen LogP contribution in [-0.4, -0.2) is 0 Å². The monoisotopic (exact) mass is 269 g/mol. The summed E-state index contributed by atoms with van der Waals surface area (Å²) in [5, 5.41) is 3.41. The molecule has 0 amide bonds. The zero-order valence-electron chi connectivity index (χ0n) is 8.17. The van der Waals surface area contributed by atoms with Gasteiger partial charge in [0.2, 0.25) is 0 Å². The summed E-state index contributed by atoms with van der Waals surface area (Å²) < 4.78 is 2.40. The van der Waals surface area contributed by atoms with Crippen molar-refractivity contribution >= 4 is 37.4 Å². The van der Waals surface area contributed by atoms with Gasteiger partial charge in [0.15, 0.2) is 0 Å². The van der Waals surface area contributed by atoms with E-state index in [0.717, 1.165) is 4.47 Å². The van der Waals surface area contributed by atoms with Crippen LogP contribution in [-0.2, 0) is 5.54 Å². The average molecular weight is 270 g/mol. The van der Waals surface area contributed by atoms with Crippen molar-refractivity contribution in [2.24, 2.45) is 5.73 Å². The minimum absolute atomic E-state index is 0.265. The number of benzene rings is 1. The van der Waals surface area contributed by atoms with E-state index in [-0.39, 0.29) is 5.54 Å².